The Morgan fingerprint density at radius 1 is 1.32 bits per heavy atom. The zero-order valence-corrected chi connectivity index (χ0v) is 13.6. The smallest absolute Gasteiger partial charge is 0.245 e. The Morgan fingerprint density at radius 3 is 2.55 bits per heavy atom. The highest BCUT2D eigenvalue weighted by Crippen LogP contribution is 2.29. The van der Waals surface area contributed by atoms with Crippen LogP contribution in [0, 0.1) is 5.92 Å². The molecular weight excluding hydrogens is 276 g/mol. The van der Waals surface area contributed by atoms with Gasteiger partial charge >= 0.3 is 0 Å². The molecule has 0 spiro atoms. The van der Waals surface area contributed by atoms with Crippen molar-refractivity contribution in [2.45, 2.75) is 32.6 Å². The topological polar surface area (TPSA) is 49.4 Å². The molecule has 1 heterocycles. The van der Waals surface area contributed by atoms with E-state index in [-0.39, 0.29) is 23.1 Å². The standard InChI is InChI=1S/C18H24N2O2/c1-5-17(22)20-11-13(12-20)10-16(21)19-15-9-7-6-8-14(15)18(2,3)4/h5-9,13H,1,10-12H2,2-4H3,(H,19,21). The van der Waals surface area contributed by atoms with Gasteiger partial charge in [0, 0.05) is 31.1 Å². The molecule has 0 atom stereocenters. The summed E-state index contributed by atoms with van der Waals surface area (Å²) in [7, 11) is 0. The lowest BCUT2D eigenvalue weighted by atomic mass is 9.85. The molecule has 2 amide bonds. The number of amides is 2. The number of nitrogens with one attached hydrogen (secondary N) is 1. The Morgan fingerprint density at radius 2 is 1.95 bits per heavy atom. The molecule has 22 heavy (non-hydrogen) atoms. The van der Waals surface area contributed by atoms with Crippen LogP contribution in [0.2, 0.25) is 0 Å². The Bertz CT molecular complexity index is 581. The Labute approximate surface area is 132 Å². The third kappa shape index (κ3) is 3.75. The molecule has 0 aliphatic carbocycles. The summed E-state index contributed by atoms with van der Waals surface area (Å²) in [5, 5.41) is 3.01. The van der Waals surface area contributed by atoms with E-state index in [1.165, 1.54) is 6.08 Å². The van der Waals surface area contributed by atoms with E-state index in [0.29, 0.717) is 19.5 Å². The second kappa shape index (κ2) is 6.34. The van der Waals surface area contributed by atoms with Crippen LogP contribution in [0.25, 0.3) is 0 Å². The van der Waals surface area contributed by atoms with Gasteiger partial charge < -0.3 is 10.2 Å². The maximum absolute atomic E-state index is 12.2. The van der Waals surface area contributed by atoms with E-state index in [2.05, 4.69) is 32.7 Å². The predicted molar refractivity (Wildman–Crippen MR) is 88.7 cm³/mol. The van der Waals surface area contributed by atoms with E-state index in [9.17, 15) is 9.59 Å². The molecule has 2 rings (SSSR count). The van der Waals surface area contributed by atoms with E-state index < -0.39 is 0 Å². The highest BCUT2D eigenvalue weighted by molar-refractivity contribution is 5.92. The summed E-state index contributed by atoms with van der Waals surface area (Å²) in [5.41, 5.74) is 1.98. The average molecular weight is 300 g/mol. The molecule has 1 fully saturated rings. The fourth-order valence-electron chi connectivity index (χ4n) is 2.72. The molecule has 4 nitrogen and oxygen atoms in total. The van der Waals surface area contributed by atoms with Crippen molar-refractivity contribution in [3.63, 3.8) is 0 Å². The second-order valence-electron chi connectivity index (χ2n) is 6.86. The van der Waals surface area contributed by atoms with Gasteiger partial charge in [-0.15, -0.1) is 0 Å². The highest BCUT2D eigenvalue weighted by Gasteiger charge is 2.31. The summed E-state index contributed by atoms with van der Waals surface area (Å²) in [5.74, 6) is 0.188. The van der Waals surface area contributed by atoms with Gasteiger partial charge in [0.2, 0.25) is 11.8 Å². The third-order valence-corrected chi connectivity index (χ3v) is 3.93. The lowest BCUT2D eigenvalue weighted by molar-refractivity contribution is -0.134. The van der Waals surface area contributed by atoms with Gasteiger partial charge in [-0.3, -0.25) is 9.59 Å². The molecule has 0 bridgehead atoms. The summed E-state index contributed by atoms with van der Waals surface area (Å²) in [6, 6.07) is 7.90. The van der Waals surface area contributed by atoms with Crippen molar-refractivity contribution in [2.75, 3.05) is 18.4 Å². The number of rotatable bonds is 4. The molecule has 1 aliphatic heterocycles. The predicted octanol–water partition coefficient (Wildman–Crippen LogP) is 2.96. The lowest BCUT2D eigenvalue weighted by Crippen LogP contribution is -2.50. The van der Waals surface area contributed by atoms with Gasteiger partial charge in [-0.05, 0) is 23.1 Å². The first-order valence-electron chi connectivity index (χ1n) is 7.62. The van der Waals surface area contributed by atoms with E-state index in [1.54, 1.807) is 4.90 Å². The van der Waals surface area contributed by atoms with Crippen LogP contribution in [0.3, 0.4) is 0 Å². The number of hydrogen-bond donors (Lipinski definition) is 1. The fraction of sp³-hybridized carbons (Fsp3) is 0.444. The second-order valence-corrected chi connectivity index (χ2v) is 6.86. The van der Waals surface area contributed by atoms with Crippen LogP contribution in [-0.4, -0.2) is 29.8 Å². The Hall–Kier alpha value is -2.10. The van der Waals surface area contributed by atoms with Crippen molar-refractivity contribution in [3.8, 4) is 0 Å². The SMILES string of the molecule is C=CC(=O)N1CC(CC(=O)Nc2ccccc2C(C)(C)C)C1. The number of carbonyl (C=O) groups excluding carboxylic acids is 2. The van der Waals surface area contributed by atoms with Crippen LogP contribution in [0.5, 0.6) is 0 Å². The van der Waals surface area contributed by atoms with Crippen molar-refractivity contribution in [3.05, 3.63) is 42.5 Å². The number of benzene rings is 1. The number of para-hydroxylation sites is 1. The van der Waals surface area contributed by atoms with E-state index in [4.69, 9.17) is 0 Å². The monoisotopic (exact) mass is 300 g/mol. The summed E-state index contributed by atoms with van der Waals surface area (Å²) < 4.78 is 0. The molecule has 1 aromatic carbocycles. The summed E-state index contributed by atoms with van der Waals surface area (Å²) in [6.07, 6.45) is 1.76. The minimum Gasteiger partial charge on any atom is -0.338 e. The van der Waals surface area contributed by atoms with Crippen molar-refractivity contribution in [1.82, 2.24) is 4.90 Å². The quantitative estimate of drug-likeness (QED) is 0.869. The zero-order chi connectivity index (χ0) is 16.3. The molecule has 1 N–H and O–H groups in total. The molecule has 1 saturated heterocycles. The summed E-state index contributed by atoms with van der Waals surface area (Å²) in [6.45, 7) is 11.1. The van der Waals surface area contributed by atoms with Gasteiger partial charge in [0.1, 0.15) is 0 Å². The highest BCUT2D eigenvalue weighted by atomic mass is 16.2. The minimum atomic E-state index is -0.0604. The molecule has 4 heteroatoms. The average Bonchev–Trinajstić information content (AvgIpc) is 2.41. The molecule has 1 aliphatic rings. The van der Waals surface area contributed by atoms with Crippen LogP contribution in [0.1, 0.15) is 32.8 Å². The molecular formula is C18H24N2O2. The maximum Gasteiger partial charge on any atom is 0.245 e. The van der Waals surface area contributed by atoms with Crippen molar-refractivity contribution < 1.29 is 9.59 Å². The number of nitrogens with zero attached hydrogens (tertiary/aromatic N) is 1. The number of hydrogen-bond acceptors (Lipinski definition) is 2. The Kier molecular flexibility index (Phi) is 4.69. The zero-order valence-electron chi connectivity index (χ0n) is 13.6. The van der Waals surface area contributed by atoms with Gasteiger partial charge in [-0.25, -0.2) is 0 Å². The van der Waals surface area contributed by atoms with E-state index >= 15 is 0 Å². The number of likely N-dealkylation sites (tertiary alicyclic amines) is 1. The normalized spacial score (nSPS) is 15.1. The van der Waals surface area contributed by atoms with E-state index in [1.807, 2.05) is 24.3 Å². The van der Waals surface area contributed by atoms with Crippen molar-refractivity contribution >= 4 is 17.5 Å². The van der Waals surface area contributed by atoms with Crippen LogP contribution >= 0.6 is 0 Å². The van der Waals surface area contributed by atoms with Crippen LogP contribution in [0.15, 0.2) is 36.9 Å². The van der Waals surface area contributed by atoms with E-state index in [0.717, 1.165) is 11.3 Å². The van der Waals surface area contributed by atoms with Crippen LogP contribution in [0.4, 0.5) is 5.69 Å². The van der Waals surface area contributed by atoms with Crippen molar-refractivity contribution in [1.29, 1.82) is 0 Å². The summed E-state index contributed by atoms with van der Waals surface area (Å²) >= 11 is 0. The fourth-order valence-corrected chi connectivity index (χ4v) is 2.72. The lowest BCUT2D eigenvalue weighted by Gasteiger charge is -2.38. The van der Waals surface area contributed by atoms with Crippen molar-refractivity contribution in [2.24, 2.45) is 5.92 Å². The number of anilines is 1. The molecule has 1 aromatic rings. The van der Waals surface area contributed by atoms with Gasteiger partial charge in [0.15, 0.2) is 0 Å². The first kappa shape index (κ1) is 16.3. The molecule has 0 radical (unpaired) electrons. The van der Waals surface area contributed by atoms with Crippen LogP contribution < -0.4 is 5.32 Å². The summed E-state index contributed by atoms with van der Waals surface area (Å²) in [4.78, 5) is 25.3. The van der Waals surface area contributed by atoms with Gasteiger partial charge in [-0.2, -0.15) is 0 Å². The first-order valence-corrected chi connectivity index (χ1v) is 7.62. The molecule has 0 unspecified atom stereocenters. The Balaban J connectivity index is 1.92. The molecule has 0 aromatic heterocycles. The number of carbonyl (C=O) groups is 2. The molecule has 118 valence electrons. The maximum atomic E-state index is 12.2. The van der Waals surface area contributed by atoms with Gasteiger partial charge in [0.25, 0.3) is 0 Å². The molecule has 0 saturated carbocycles. The van der Waals surface area contributed by atoms with Crippen LogP contribution in [-0.2, 0) is 15.0 Å². The minimum absolute atomic E-state index is 0.00685. The third-order valence-electron chi connectivity index (χ3n) is 3.93. The largest absolute Gasteiger partial charge is 0.338 e. The first-order chi connectivity index (χ1) is 10.3. The van der Waals surface area contributed by atoms with Gasteiger partial charge in [-0.1, -0.05) is 45.5 Å². The van der Waals surface area contributed by atoms with Gasteiger partial charge in [0.05, 0.1) is 0 Å².